The lowest BCUT2D eigenvalue weighted by Crippen LogP contribution is -2.12. The summed E-state index contributed by atoms with van der Waals surface area (Å²) >= 11 is 0. The number of benzene rings is 2. The topological polar surface area (TPSA) is 40.2 Å². The molecule has 0 atom stereocenters. The summed E-state index contributed by atoms with van der Waals surface area (Å²) in [6.07, 6.45) is 1.97. The van der Waals surface area contributed by atoms with Crippen LogP contribution < -0.4 is 10.5 Å². The second kappa shape index (κ2) is 5.18. The van der Waals surface area contributed by atoms with Crippen molar-refractivity contribution in [3.63, 3.8) is 0 Å². The van der Waals surface area contributed by atoms with Crippen LogP contribution in [-0.2, 0) is 19.4 Å². The number of nitrogens with zero attached hydrogens (tertiary/aromatic N) is 1. The van der Waals surface area contributed by atoms with E-state index in [1.165, 1.54) is 33.3 Å². The Bertz CT molecular complexity index is 848. The number of fused-ring (bicyclic) bond motifs is 5. The molecule has 0 bridgehead atoms. The molecule has 2 N–H and O–H groups in total. The van der Waals surface area contributed by atoms with Crippen molar-refractivity contribution in [3.8, 4) is 17.0 Å². The maximum atomic E-state index is 5.89. The molecule has 1 aliphatic rings. The van der Waals surface area contributed by atoms with Gasteiger partial charge in [-0.2, -0.15) is 0 Å². The molecule has 22 heavy (non-hydrogen) atoms. The third-order valence-electron chi connectivity index (χ3n) is 4.65. The molecule has 0 saturated carbocycles. The largest absolute Gasteiger partial charge is 0.497 e. The molecule has 0 saturated heterocycles. The first-order valence-electron chi connectivity index (χ1n) is 7.81. The summed E-state index contributed by atoms with van der Waals surface area (Å²) < 4.78 is 7.86. The van der Waals surface area contributed by atoms with Crippen molar-refractivity contribution < 1.29 is 4.74 Å². The van der Waals surface area contributed by atoms with E-state index in [0.717, 1.165) is 25.1 Å². The fourth-order valence-corrected chi connectivity index (χ4v) is 3.67. The summed E-state index contributed by atoms with van der Waals surface area (Å²) in [4.78, 5) is 0. The van der Waals surface area contributed by atoms with Crippen LogP contribution in [0.1, 0.15) is 11.1 Å². The molecule has 2 heterocycles. The Balaban J connectivity index is 2.07. The molecule has 4 rings (SSSR count). The van der Waals surface area contributed by atoms with Crippen molar-refractivity contribution in [1.29, 1.82) is 0 Å². The minimum Gasteiger partial charge on any atom is -0.497 e. The first-order chi connectivity index (χ1) is 10.8. The van der Waals surface area contributed by atoms with Crippen molar-refractivity contribution >= 4 is 10.9 Å². The molecular weight excluding hydrogens is 272 g/mol. The van der Waals surface area contributed by atoms with Gasteiger partial charge in [-0.15, -0.1) is 0 Å². The fraction of sp³-hybridized carbons (Fsp3) is 0.263. The van der Waals surface area contributed by atoms with E-state index in [-0.39, 0.29) is 0 Å². The number of hydrogen-bond acceptors (Lipinski definition) is 2. The van der Waals surface area contributed by atoms with Crippen LogP contribution in [0.5, 0.6) is 5.75 Å². The standard InChI is InChI=1S/C19H20N2O/c1-22-14-6-7-18-17(12-14)16(8-10-20)19-15-5-3-2-4-13(15)9-11-21(18)19/h2-7,12H,8-11,20H2,1H3. The summed E-state index contributed by atoms with van der Waals surface area (Å²) in [5.74, 6) is 0.905. The number of hydrogen-bond donors (Lipinski definition) is 1. The molecule has 0 unspecified atom stereocenters. The number of nitrogens with two attached hydrogens (primary N) is 1. The molecule has 0 amide bonds. The molecule has 3 heteroatoms. The normalized spacial score (nSPS) is 13.0. The molecule has 0 spiro atoms. The van der Waals surface area contributed by atoms with E-state index < -0.39 is 0 Å². The fourth-order valence-electron chi connectivity index (χ4n) is 3.67. The third-order valence-corrected chi connectivity index (χ3v) is 4.65. The van der Waals surface area contributed by atoms with Gasteiger partial charge in [0.2, 0.25) is 0 Å². The highest BCUT2D eigenvalue weighted by molar-refractivity contribution is 5.94. The highest BCUT2D eigenvalue weighted by Gasteiger charge is 2.23. The van der Waals surface area contributed by atoms with Crippen molar-refractivity contribution in [2.75, 3.05) is 13.7 Å². The summed E-state index contributed by atoms with van der Waals surface area (Å²) in [5.41, 5.74) is 12.7. The first-order valence-corrected chi connectivity index (χ1v) is 7.81. The van der Waals surface area contributed by atoms with Crippen molar-refractivity contribution in [1.82, 2.24) is 4.57 Å². The Labute approximate surface area is 130 Å². The monoisotopic (exact) mass is 292 g/mol. The van der Waals surface area contributed by atoms with Gasteiger partial charge in [0, 0.05) is 23.0 Å². The Morgan fingerprint density at radius 3 is 2.86 bits per heavy atom. The lowest BCUT2D eigenvalue weighted by Gasteiger charge is -2.21. The van der Waals surface area contributed by atoms with E-state index in [1.807, 2.05) is 6.07 Å². The number of aromatic nitrogens is 1. The van der Waals surface area contributed by atoms with E-state index >= 15 is 0 Å². The smallest absolute Gasteiger partial charge is 0.119 e. The van der Waals surface area contributed by atoms with Gasteiger partial charge < -0.3 is 15.0 Å². The molecule has 2 aromatic carbocycles. The first kappa shape index (κ1) is 13.4. The Morgan fingerprint density at radius 2 is 2.05 bits per heavy atom. The Hall–Kier alpha value is -2.26. The molecule has 0 aliphatic carbocycles. The number of rotatable bonds is 3. The predicted molar refractivity (Wildman–Crippen MR) is 90.4 cm³/mol. The molecule has 112 valence electrons. The number of methoxy groups -OCH3 is 1. The van der Waals surface area contributed by atoms with Gasteiger partial charge >= 0.3 is 0 Å². The zero-order chi connectivity index (χ0) is 15.1. The minimum absolute atomic E-state index is 0.658. The van der Waals surface area contributed by atoms with E-state index in [9.17, 15) is 0 Å². The number of aryl methyl sites for hydroxylation is 2. The van der Waals surface area contributed by atoms with Gasteiger partial charge in [-0.25, -0.2) is 0 Å². The zero-order valence-electron chi connectivity index (χ0n) is 12.8. The molecule has 3 nitrogen and oxygen atoms in total. The number of ether oxygens (including phenoxy) is 1. The molecular formula is C19H20N2O. The van der Waals surface area contributed by atoms with Gasteiger partial charge in [-0.3, -0.25) is 0 Å². The second-order valence-electron chi connectivity index (χ2n) is 5.81. The lowest BCUT2D eigenvalue weighted by molar-refractivity contribution is 0.415. The molecule has 1 aromatic heterocycles. The Morgan fingerprint density at radius 1 is 1.18 bits per heavy atom. The molecule has 3 aromatic rings. The van der Waals surface area contributed by atoms with E-state index in [2.05, 4.69) is 41.0 Å². The van der Waals surface area contributed by atoms with Crippen LogP contribution in [0.25, 0.3) is 22.2 Å². The predicted octanol–water partition coefficient (Wildman–Crippen LogP) is 3.37. The summed E-state index contributed by atoms with van der Waals surface area (Å²) in [7, 11) is 1.72. The van der Waals surface area contributed by atoms with E-state index in [0.29, 0.717) is 6.54 Å². The second-order valence-corrected chi connectivity index (χ2v) is 5.81. The van der Waals surface area contributed by atoms with Crippen LogP contribution in [-0.4, -0.2) is 18.2 Å². The van der Waals surface area contributed by atoms with Gasteiger partial charge in [0.15, 0.2) is 0 Å². The quantitative estimate of drug-likeness (QED) is 0.804. The van der Waals surface area contributed by atoms with Crippen LogP contribution in [0, 0.1) is 0 Å². The minimum atomic E-state index is 0.658. The summed E-state index contributed by atoms with van der Waals surface area (Å²) in [6.45, 7) is 1.69. The third kappa shape index (κ3) is 1.86. The Kier molecular flexibility index (Phi) is 3.16. The van der Waals surface area contributed by atoms with Gasteiger partial charge in [-0.1, -0.05) is 24.3 Å². The summed E-state index contributed by atoms with van der Waals surface area (Å²) in [5, 5.41) is 1.27. The van der Waals surface area contributed by atoms with Gasteiger partial charge in [-0.05, 0) is 48.7 Å². The molecule has 0 fully saturated rings. The lowest BCUT2D eigenvalue weighted by atomic mass is 9.95. The van der Waals surface area contributed by atoms with Crippen LogP contribution in [0.2, 0.25) is 0 Å². The highest BCUT2D eigenvalue weighted by Crippen LogP contribution is 2.40. The zero-order valence-corrected chi connectivity index (χ0v) is 12.8. The van der Waals surface area contributed by atoms with Crippen LogP contribution in [0.3, 0.4) is 0 Å². The van der Waals surface area contributed by atoms with Crippen LogP contribution >= 0.6 is 0 Å². The van der Waals surface area contributed by atoms with Crippen molar-refractivity contribution in [2.45, 2.75) is 19.4 Å². The van der Waals surface area contributed by atoms with Crippen LogP contribution in [0.4, 0.5) is 0 Å². The van der Waals surface area contributed by atoms with Crippen LogP contribution in [0.15, 0.2) is 42.5 Å². The van der Waals surface area contributed by atoms with E-state index in [4.69, 9.17) is 10.5 Å². The van der Waals surface area contributed by atoms with Gasteiger partial charge in [0.1, 0.15) is 5.75 Å². The molecule has 1 aliphatic heterocycles. The van der Waals surface area contributed by atoms with Crippen molar-refractivity contribution in [2.24, 2.45) is 5.73 Å². The van der Waals surface area contributed by atoms with Gasteiger partial charge in [0.05, 0.1) is 12.8 Å². The average molecular weight is 292 g/mol. The van der Waals surface area contributed by atoms with E-state index in [1.54, 1.807) is 7.11 Å². The molecule has 0 radical (unpaired) electrons. The van der Waals surface area contributed by atoms with Gasteiger partial charge in [0.25, 0.3) is 0 Å². The maximum Gasteiger partial charge on any atom is 0.119 e. The summed E-state index contributed by atoms with van der Waals surface area (Å²) in [6, 6.07) is 15.1. The van der Waals surface area contributed by atoms with Crippen molar-refractivity contribution in [3.05, 3.63) is 53.6 Å². The maximum absolute atomic E-state index is 5.89. The average Bonchev–Trinajstić information content (AvgIpc) is 2.89. The SMILES string of the molecule is COc1ccc2c(c1)c(CCN)c1n2CCc2ccccc2-1. The highest BCUT2D eigenvalue weighted by atomic mass is 16.5.